The Morgan fingerprint density at radius 2 is 1.83 bits per heavy atom. The highest BCUT2D eigenvalue weighted by atomic mass is 19.1. The van der Waals surface area contributed by atoms with Crippen molar-refractivity contribution in [3.05, 3.63) is 35.6 Å². The molecule has 1 unspecified atom stereocenters. The lowest BCUT2D eigenvalue weighted by Crippen LogP contribution is -2.35. The zero-order chi connectivity index (χ0) is 13.7. The molecule has 1 rings (SSSR count). The van der Waals surface area contributed by atoms with Crippen molar-refractivity contribution in [3.63, 3.8) is 0 Å². The lowest BCUT2D eigenvalue weighted by Gasteiger charge is -2.18. The molecule has 4 heteroatoms. The lowest BCUT2D eigenvalue weighted by molar-refractivity contribution is -0.122. The maximum Gasteiger partial charge on any atom is 0.222 e. The first-order valence-corrected chi connectivity index (χ1v) is 6.20. The van der Waals surface area contributed by atoms with Crippen molar-refractivity contribution in [1.82, 2.24) is 5.32 Å². The van der Waals surface area contributed by atoms with Crippen molar-refractivity contribution in [3.8, 4) is 0 Å². The minimum Gasteiger partial charge on any atom is -0.350 e. The summed E-state index contributed by atoms with van der Waals surface area (Å²) in [5.41, 5.74) is 6.72. The van der Waals surface area contributed by atoms with Crippen LogP contribution in [-0.2, 0) is 4.79 Å². The van der Waals surface area contributed by atoms with Crippen LogP contribution in [0.3, 0.4) is 0 Å². The second kappa shape index (κ2) is 6.50. The molecule has 3 N–H and O–H groups in total. The number of hydrogen-bond acceptors (Lipinski definition) is 2. The van der Waals surface area contributed by atoms with Crippen molar-refractivity contribution in [2.24, 2.45) is 11.7 Å². The summed E-state index contributed by atoms with van der Waals surface area (Å²) < 4.78 is 12.8. The molecule has 0 radical (unpaired) electrons. The van der Waals surface area contributed by atoms with Gasteiger partial charge in [0.2, 0.25) is 5.91 Å². The molecule has 0 heterocycles. The van der Waals surface area contributed by atoms with E-state index in [4.69, 9.17) is 5.73 Å². The highest BCUT2D eigenvalue weighted by Crippen LogP contribution is 2.13. The molecule has 3 nitrogen and oxygen atoms in total. The van der Waals surface area contributed by atoms with Gasteiger partial charge in [0, 0.05) is 12.5 Å². The van der Waals surface area contributed by atoms with Gasteiger partial charge in [-0.05, 0) is 30.5 Å². The summed E-state index contributed by atoms with van der Waals surface area (Å²) in [6.45, 7) is 5.84. The molecule has 0 aliphatic heterocycles. The number of hydrogen-bond donors (Lipinski definition) is 2. The summed E-state index contributed by atoms with van der Waals surface area (Å²) >= 11 is 0. The van der Waals surface area contributed by atoms with Crippen LogP contribution in [0.1, 0.15) is 38.8 Å². The highest BCUT2D eigenvalue weighted by molar-refractivity contribution is 5.77. The topological polar surface area (TPSA) is 55.1 Å². The average Bonchev–Trinajstić information content (AvgIpc) is 2.29. The van der Waals surface area contributed by atoms with Crippen LogP contribution in [0, 0.1) is 11.7 Å². The summed E-state index contributed by atoms with van der Waals surface area (Å²) in [7, 11) is 0. The molecule has 1 aromatic carbocycles. The fourth-order valence-corrected chi connectivity index (χ4v) is 1.58. The zero-order valence-electron chi connectivity index (χ0n) is 11.1. The van der Waals surface area contributed by atoms with Gasteiger partial charge in [0.15, 0.2) is 0 Å². The van der Waals surface area contributed by atoms with E-state index in [1.807, 2.05) is 20.8 Å². The molecule has 18 heavy (non-hydrogen) atoms. The van der Waals surface area contributed by atoms with Gasteiger partial charge in [-0.25, -0.2) is 4.39 Å². The molecular weight excluding hydrogens is 231 g/mol. The number of benzene rings is 1. The summed E-state index contributed by atoms with van der Waals surface area (Å²) in [5, 5.41) is 2.86. The predicted octanol–water partition coefficient (Wildman–Crippen LogP) is 2.38. The molecule has 0 bridgehead atoms. The van der Waals surface area contributed by atoms with Crippen LogP contribution in [0.5, 0.6) is 0 Å². The van der Waals surface area contributed by atoms with Gasteiger partial charge in [-0.15, -0.1) is 0 Å². The number of nitrogens with one attached hydrogen (secondary N) is 1. The van der Waals surface area contributed by atoms with E-state index >= 15 is 0 Å². The Morgan fingerprint density at radius 1 is 1.28 bits per heavy atom. The van der Waals surface area contributed by atoms with Crippen molar-refractivity contribution >= 4 is 5.91 Å². The van der Waals surface area contributed by atoms with E-state index in [9.17, 15) is 9.18 Å². The van der Waals surface area contributed by atoms with Gasteiger partial charge >= 0.3 is 0 Å². The van der Waals surface area contributed by atoms with E-state index in [1.165, 1.54) is 12.1 Å². The molecule has 1 aromatic rings. The molecule has 1 amide bonds. The first-order valence-electron chi connectivity index (χ1n) is 6.20. The van der Waals surface area contributed by atoms with Crippen molar-refractivity contribution in [2.75, 3.05) is 0 Å². The molecule has 2 atom stereocenters. The maximum atomic E-state index is 12.8. The third kappa shape index (κ3) is 4.45. The summed E-state index contributed by atoms with van der Waals surface area (Å²) in [5.74, 6) is -0.0796. The van der Waals surface area contributed by atoms with Crippen molar-refractivity contribution in [1.29, 1.82) is 0 Å². The Hall–Kier alpha value is -1.42. The van der Waals surface area contributed by atoms with Crippen molar-refractivity contribution < 1.29 is 9.18 Å². The summed E-state index contributed by atoms with van der Waals surface area (Å²) in [6, 6.07) is 5.84. The third-order valence-corrected chi connectivity index (χ3v) is 3.02. The smallest absolute Gasteiger partial charge is 0.222 e. The van der Waals surface area contributed by atoms with Crippen LogP contribution in [0.2, 0.25) is 0 Å². The number of carbonyl (C=O) groups excluding carboxylic acids is 1. The number of amides is 1. The minimum absolute atomic E-state index is 0.0759. The fourth-order valence-electron chi connectivity index (χ4n) is 1.58. The third-order valence-electron chi connectivity index (χ3n) is 3.02. The molecule has 0 fully saturated rings. The Balaban J connectivity index is 2.51. The monoisotopic (exact) mass is 252 g/mol. The van der Waals surface area contributed by atoms with Crippen LogP contribution in [0.25, 0.3) is 0 Å². The highest BCUT2D eigenvalue weighted by Gasteiger charge is 2.15. The van der Waals surface area contributed by atoms with Crippen LogP contribution in [0.4, 0.5) is 4.39 Å². The number of halogens is 1. The zero-order valence-corrected chi connectivity index (χ0v) is 11.1. The Kier molecular flexibility index (Phi) is 5.28. The average molecular weight is 252 g/mol. The summed E-state index contributed by atoms with van der Waals surface area (Å²) in [4.78, 5) is 11.7. The molecule has 0 aromatic heterocycles. The van der Waals surface area contributed by atoms with Gasteiger partial charge in [-0.2, -0.15) is 0 Å². The molecule has 0 saturated heterocycles. The molecule has 0 spiro atoms. The van der Waals surface area contributed by atoms with Crippen LogP contribution < -0.4 is 11.1 Å². The Labute approximate surface area is 108 Å². The second-order valence-corrected chi connectivity index (χ2v) is 4.95. The predicted molar refractivity (Wildman–Crippen MR) is 70.4 cm³/mol. The second-order valence-electron chi connectivity index (χ2n) is 4.95. The number of rotatable bonds is 5. The first kappa shape index (κ1) is 14.6. The van der Waals surface area contributed by atoms with E-state index in [1.54, 1.807) is 12.1 Å². The fraction of sp³-hybridized carbons (Fsp3) is 0.500. The number of nitrogens with two attached hydrogens (primary N) is 1. The van der Waals surface area contributed by atoms with E-state index < -0.39 is 0 Å². The van der Waals surface area contributed by atoms with Gasteiger partial charge in [0.25, 0.3) is 0 Å². The van der Waals surface area contributed by atoms with Crippen LogP contribution >= 0.6 is 0 Å². The molecule has 100 valence electrons. The van der Waals surface area contributed by atoms with E-state index in [0.29, 0.717) is 6.42 Å². The van der Waals surface area contributed by atoms with Gasteiger partial charge in [0.1, 0.15) is 5.82 Å². The normalized spacial score (nSPS) is 14.3. The van der Waals surface area contributed by atoms with E-state index in [-0.39, 0.29) is 29.7 Å². The molecule has 0 aliphatic rings. The van der Waals surface area contributed by atoms with Crippen molar-refractivity contribution in [2.45, 2.75) is 39.3 Å². The van der Waals surface area contributed by atoms with E-state index in [0.717, 1.165) is 5.56 Å². The van der Waals surface area contributed by atoms with Crippen LogP contribution in [-0.4, -0.2) is 11.9 Å². The standard InChI is InChI=1S/C14H21FN2O/c1-9(2)13(16)8-14(18)17-10(3)11-4-6-12(15)7-5-11/h4-7,9-10,13H,8,16H2,1-3H3,(H,17,18)/t10-,13?/m1/s1. The number of carbonyl (C=O) groups is 1. The van der Waals surface area contributed by atoms with Crippen LogP contribution in [0.15, 0.2) is 24.3 Å². The first-order chi connectivity index (χ1) is 8.40. The molecular formula is C14H21FN2O. The van der Waals surface area contributed by atoms with Gasteiger partial charge in [-0.1, -0.05) is 26.0 Å². The largest absolute Gasteiger partial charge is 0.350 e. The lowest BCUT2D eigenvalue weighted by atomic mass is 10.0. The van der Waals surface area contributed by atoms with Gasteiger partial charge in [0.05, 0.1) is 6.04 Å². The maximum absolute atomic E-state index is 12.8. The summed E-state index contributed by atoms with van der Waals surface area (Å²) in [6.07, 6.45) is 0.309. The minimum atomic E-state index is -0.279. The Bertz CT molecular complexity index is 389. The SMILES string of the molecule is CC(C)C(N)CC(=O)N[C@H](C)c1ccc(F)cc1. The van der Waals surface area contributed by atoms with Gasteiger partial charge in [-0.3, -0.25) is 4.79 Å². The van der Waals surface area contributed by atoms with E-state index in [2.05, 4.69) is 5.32 Å². The molecule has 0 aliphatic carbocycles. The quantitative estimate of drug-likeness (QED) is 0.845. The molecule has 0 saturated carbocycles. The Morgan fingerprint density at radius 3 is 2.33 bits per heavy atom. The van der Waals surface area contributed by atoms with Gasteiger partial charge < -0.3 is 11.1 Å².